The molecule has 1 N–H and O–H groups in total. The number of benzene rings is 1. The van der Waals surface area contributed by atoms with Crippen LogP contribution in [0.3, 0.4) is 0 Å². The molecular formula is C22H31FN2O5S. The van der Waals surface area contributed by atoms with Crippen LogP contribution in [0.25, 0.3) is 0 Å². The van der Waals surface area contributed by atoms with Crippen LogP contribution >= 0.6 is 0 Å². The lowest BCUT2D eigenvalue weighted by Crippen LogP contribution is -2.31. The van der Waals surface area contributed by atoms with Crippen LogP contribution in [0.1, 0.15) is 56.9 Å². The predicted octanol–water partition coefficient (Wildman–Crippen LogP) is 3.24. The zero-order chi connectivity index (χ0) is 22.6. The number of ether oxygens (including phenoxy) is 1. The van der Waals surface area contributed by atoms with Gasteiger partial charge in [0.1, 0.15) is 6.04 Å². The predicted molar refractivity (Wildman–Crippen MR) is 115 cm³/mol. The monoisotopic (exact) mass is 454 g/mol. The number of sulfone groups is 1. The maximum atomic E-state index is 14.0. The number of hydrogen-bond acceptors (Lipinski definition) is 5. The first-order chi connectivity index (χ1) is 14.7. The maximum absolute atomic E-state index is 14.0. The first kappa shape index (κ1) is 23.5. The molecule has 1 aliphatic heterocycles. The quantitative estimate of drug-likeness (QED) is 0.387. The summed E-state index contributed by atoms with van der Waals surface area (Å²) in [4.78, 5) is 24.5. The minimum atomic E-state index is -3.28. The van der Waals surface area contributed by atoms with E-state index in [0.717, 1.165) is 18.4 Å². The zero-order valence-electron chi connectivity index (χ0n) is 18.1. The lowest BCUT2D eigenvalue weighted by atomic mass is 10.0. The van der Waals surface area contributed by atoms with Crippen molar-refractivity contribution in [3.05, 3.63) is 29.6 Å². The standard InChI is InChI=1S/C22H31FN2O5S/c1-15(17-9-10-18(23)20(12-17)30-13-16-7-8-16)14-31(28,29)11-5-3-4-6-19-21(26)24-22(27)25(19)2/h9-10,12,15-16,19H,3-8,11,13-14H2,1-2H3,(H,24,26,27)/t15-,19?/m0/s1. The lowest BCUT2D eigenvalue weighted by Gasteiger charge is -2.16. The number of likely N-dealkylation sites (N-methyl/N-ethyl adjacent to an activating group) is 1. The third kappa shape index (κ3) is 6.66. The molecular weight excluding hydrogens is 423 g/mol. The number of imide groups is 1. The Balaban J connectivity index is 1.43. The Morgan fingerprint density at radius 3 is 2.61 bits per heavy atom. The summed E-state index contributed by atoms with van der Waals surface area (Å²) in [6.45, 7) is 2.32. The number of hydrogen-bond donors (Lipinski definition) is 1. The van der Waals surface area contributed by atoms with Gasteiger partial charge in [0.25, 0.3) is 5.91 Å². The minimum Gasteiger partial charge on any atom is -0.490 e. The molecule has 2 fully saturated rings. The average Bonchev–Trinajstić information content (AvgIpc) is 3.49. The molecule has 7 nitrogen and oxygen atoms in total. The SMILES string of the molecule is C[C@@H](CS(=O)(=O)CCCCCC1C(=O)NC(=O)N1C)c1ccc(F)c(OCC2CC2)c1. The van der Waals surface area contributed by atoms with Crippen molar-refractivity contribution in [1.29, 1.82) is 0 Å². The van der Waals surface area contributed by atoms with Gasteiger partial charge in [-0.3, -0.25) is 10.1 Å². The highest BCUT2D eigenvalue weighted by Crippen LogP contribution is 2.31. The van der Waals surface area contributed by atoms with E-state index in [1.165, 1.54) is 11.0 Å². The van der Waals surface area contributed by atoms with E-state index in [2.05, 4.69) is 5.32 Å². The number of amides is 3. The van der Waals surface area contributed by atoms with E-state index in [4.69, 9.17) is 4.74 Å². The third-order valence-electron chi connectivity index (χ3n) is 5.95. The second-order valence-corrected chi connectivity index (χ2v) is 11.0. The Bertz CT molecular complexity index is 916. The fourth-order valence-corrected chi connectivity index (χ4v) is 5.51. The normalized spacial score (nSPS) is 20.1. The van der Waals surface area contributed by atoms with E-state index in [1.54, 1.807) is 19.2 Å². The molecule has 31 heavy (non-hydrogen) atoms. The van der Waals surface area contributed by atoms with Crippen molar-refractivity contribution in [1.82, 2.24) is 10.2 Å². The van der Waals surface area contributed by atoms with Crippen molar-refractivity contribution in [3.63, 3.8) is 0 Å². The molecule has 3 amide bonds. The molecule has 1 aliphatic carbocycles. The highest BCUT2D eigenvalue weighted by Gasteiger charge is 2.34. The van der Waals surface area contributed by atoms with Crippen LogP contribution in [0, 0.1) is 11.7 Å². The highest BCUT2D eigenvalue weighted by atomic mass is 32.2. The summed E-state index contributed by atoms with van der Waals surface area (Å²) in [5.74, 6) is -0.247. The fraction of sp³-hybridized carbons (Fsp3) is 0.636. The molecule has 2 atom stereocenters. The van der Waals surface area contributed by atoms with Crippen LogP contribution in [-0.2, 0) is 14.6 Å². The molecule has 3 rings (SSSR count). The van der Waals surface area contributed by atoms with Crippen LogP contribution in [0.5, 0.6) is 5.75 Å². The van der Waals surface area contributed by atoms with Gasteiger partial charge in [-0.05, 0) is 55.2 Å². The van der Waals surface area contributed by atoms with Gasteiger partial charge in [-0.25, -0.2) is 17.6 Å². The molecule has 9 heteroatoms. The van der Waals surface area contributed by atoms with Gasteiger partial charge >= 0.3 is 6.03 Å². The second-order valence-electron chi connectivity index (χ2n) is 8.73. The molecule has 1 heterocycles. The maximum Gasteiger partial charge on any atom is 0.324 e. The van der Waals surface area contributed by atoms with Gasteiger partial charge in [0, 0.05) is 7.05 Å². The molecule has 0 aromatic heterocycles. The zero-order valence-corrected chi connectivity index (χ0v) is 18.9. The summed E-state index contributed by atoms with van der Waals surface area (Å²) >= 11 is 0. The first-order valence-corrected chi connectivity index (χ1v) is 12.7. The lowest BCUT2D eigenvalue weighted by molar-refractivity contribution is -0.121. The number of halogens is 1. The van der Waals surface area contributed by atoms with E-state index >= 15 is 0 Å². The van der Waals surface area contributed by atoms with Crippen LogP contribution in [0.4, 0.5) is 9.18 Å². The topological polar surface area (TPSA) is 92.8 Å². The number of carbonyl (C=O) groups excluding carboxylic acids is 2. The average molecular weight is 455 g/mol. The van der Waals surface area contributed by atoms with E-state index in [-0.39, 0.29) is 29.1 Å². The van der Waals surface area contributed by atoms with Crippen molar-refractivity contribution in [3.8, 4) is 5.75 Å². The molecule has 1 saturated heterocycles. The fourth-order valence-electron chi connectivity index (χ4n) is 3.75. The Kier molecular flexibility index (Phi) is 7.56. The molecule has 1 aromatic carbocycles. The Labute approximate surface area is 183 Å². The number of unbranched alkanes of at least 4 members (excludes halogenated alkanes) is 2. The molecule has 0 spiro atoms. The van der Waals surface area contributed by atoms with Gasteiger partial charge in [0.05, 0.1) is 18.1 Å². The number of carbonyl (C=O) groups is 2. The van der Waals surface area contributed by atoms with Gasteiger partial charge in [-0.15, -0.1) is 0 Å². The largest absolute Gasteiger partial charge is 0.490 e. The summed E-state index contributed by atoms with van der Waals surface area (Å²) in [6.07, 6.45) is 4.57. The van der Waals surface area contributed by atoms with Crippen LogP contribution in [-0.4, -0.2) is 56.5 Å². The number of urea groups is 1. The summed E-state index contributed by atoms with van der Waals surface area (Å²) in [7, 11) is -1.70. The summed E-state index contributed by atoms with van der Waals surface area (Å²) in [5, 5.41) is 2.26. The molecule has 172 valence electrons. The second kappa shape index (κ2) is 9.97. The number of nitrogens with one attached hydrogen (secondary N) is 1. The molecule has 1 aromatic rings. The van der Waals surface area contributed by atoms with Crippen molar-refractivity contribution < 1.29 is 27.1 Å². The summed E-state index contributed by atoms with van der Waals surface area (Å²) < 4.78 is 44.6. The Morgan fingerprint density at radius 2 is 1.97 bits per heavy atom. The Hall–Kier alpha value is -2.16. The van der Waals surface area contributed by atoms with E-state index in [0.29, 0.717) is 38.2 Å². The molecule has 1 unspecified atom stereocenters. The van der Waals surface area contributed by atoms with Gasteiger partial charge in [0.15, 0.2) is 21.4 Å². The highest BCUT2D eigenvalue weighted by molar-refractivity contribution is 7.91. The Morgan fingerprint density at radius 1 is 1.23 bits per heavy atom. The summed E-state index contributed by atoms with van der Waals surface area (Å²) in [5.41, 5.74) is 0.746. The van der Waals surface area contributed by atoms with Gasteiger partial charge < -0.3 is 9.64 Å². The van der Waals surface area contributed by atoms with Crippen LogP contribution in [0.2, 0.25) is 0 Å². The molecule has 2 aliphatic rings. The summed E-state index contributed by atoms with van der Waals surface area (Å²) in [6, 6.07) is 3.70. The number of nitrogens with zero attached hydrogens (tertiary/aromatic N) is 1. The number of rotatable bonds is 12. The first-order valence-electron chi connectivity index (χ1n) is 10.9. The van der Waals surface area contributed by atoms with Crippen LogP contribution in [0.15, 0.2) is 18.2 Å². The minimum absolute atomic E-state index is 0.0109. The van der Waals surface area contributed by atoms with Crippen LogP contribution < -0.4 is 10.1 Å². The third-order valence-corrected chi connectivity index (χ3v) is 7.87. The van der Waals surface area contributed by atoms with E-state index < -0.39 is 27.7 Å². The van der Waals surface area contributed by atoms with Gasteiger partial charge in [-0.2, -0.15) is 0 Å². The smallest absolute Gasteiger partial charge is 0.324 e. The van der Waals surface area contributed by atoms with E-state index in [1.807, 2.05) is 6.92 Å². The van der Waals surface area contributed by atoms with Crippen molar-refractivity contribution in [2.24, 2.45) is 5.92 Å². The van der Waals surface area contributed by atoms with Gasteiger partial charge in [0.2, 0.25) is 0 Å². The van der Waals surface area contributed by atoms with E-state index in [9.17, 15) is 22.4 Å². The van der Waals surface area contributed by atoms with Gasteiger partial charge in [-0.1, -0.05) is 25.8 Å². The van der Waals surface area contributed by atoms with Crippen molar-refractivity contribution in [2.45, 2.75) is 57.4 Å². The molecule has 0 bridgehead atoms. The van der Waals surface area contributed by atoms with Crippen molar-refractivity contribution in [2.75, 3.05) is 25.2 Å². The molecule has 0 radical (unpaired) electrons. The van der Waals surface area contributed by atoms with Crippen molar-refractivity contribution >= 4 is 21.8 Å². The molecule has 1 saturated carbocycles.